The van der Waals surface area contributed by atoms with Gasteiger partial charge in [-0.2, -0.15) is 17.7 Å². The number of carboxylic acids is 1. The number of hydrogen-bond acceptors (Lipinski definition) is 5. The van der Waals surface area contributed by atoms with Gasteiger partial charge in [0, 0.05) is 18.9 Å². The minimum atomic E-state index is -0.833. The summed E-state index contributed by atoms with van der Waals surface area (Å²) in [6.45, 7) is 1.08. The van der Waals surface area contributed by atoms with E-state index in [0.29, 0.717) is 0 Å². The first-order chi connectivity index (χ1) is 8.66. The molecule has 4 nitrogen and oxygen atoms in total. The van der Waals surface area contributed by atoms with Crippen LogP contribution in [0, 0.1) is 0 Å². The van der Waals surface area contributed by atoms with Crippen molar-refractivity contribution in [2.45, 2.75) is 12.7 Å². The van der Waals surface area contributed by atoms with Crippen molar-refractivity contribution in [2.75, 3.05) is 0 Å². The van der Waals surface area contributed by atoms with E-state index in [1.54, 1.807) is 6.21 Å². The Labute approximate surface area is 117 Å². The second kappa shape index (κ2) is 12.1. The number of rotatable bonds is 1. The van der Waals surface area contributed by atoms with Crippen LogP contribution in [-0.4, -0.2) is 17.3 Å². The Balaban J connectivity index is 0.000000257. The van der Waals surface area contributed by atoms with E-state index in [1.165, 1.54) is 17.5 Å². The van der Waals surface area contributed by atoms with E-state index in [-0.39, 0.29) is 0 Å². The van der Waals surface area contributed by atoms with Crippen molar-refractivity contribution < 1.29 is 9.90 Å². The molecular formula is C12H16N2O2S2. The maximum atomic E-state index is 9.00. The largest absolute Gasteiger partial charge is 0.481 e. The van der Waals surface area contributed by atoms with Gasteiger partial charge < -0.3 is 5.11 Å². The molecule has 1 aliphatic rings. The summed E-state index contributed by atoms with van der Waals surface area (Å²) < 4.78 is 0. The zero-order valence-electron chi connectivity index (χ0n) is 9.98. The first-order valence-electron chi connectivity index (χ1n) is 5.10. The normalized spacial score (nSPS) is 11.2. The minimum Gasteiger partial charge on any atom is -0.481 e. The van der Waals surface area contributed by atoms with E-state index in [9.17, 15) is 0 Å². The number of hydrazone groups is 1. The van der Waals surface area contributed by atoms with Crippen LogP contribution in [0.2, 0.25) is 0 Å². The van der Waals surface area contributed by atoms with Crippen LogP contribution in [0.15, 0.2) is 46.9 Å². The molecule has 0 fully saturated rings. The molecule has 1 aromatic carbocycles. The molecule has 98 valence electrons. The third kappa shape index (κ3) is 12.7. The molecule has 0 atom stereocenters. The summed E-state index contributed by atoms with van der Waals surface area (Å²) in [5, 5.41) is 13.0. The summed E-state index contributed by atoms with van der Waals surface area (Å²) >= 11 is 5.58. The number of aliphatic carboxylic acids is 1. The molecule has 0 saturated carbocycles. The van der Waals surface area contributed by atoms with Crippen LogP contribution in [-0.2, 0) is 10.5 Å². The quantitative estimate of drug-likeness (QED) is 0.548. The molecule has 0 spiro atoms. The molecule has 1 aliphatic heterocycles. The van der Waals surface area contributed by atoms with E-state index >= 15 is 0 Å². The molecular weight excluding hydrogens is 268 g/mol. The summed E-state index contributed by atoms with van der Waals surface area (Å²) in [6.07, 6.45) is 3.58. The summed E-state index contributed by atoms with van der Waals surface area (Å²) in [5.41, 5.74) is 1.27. The number of nitrogens with one attached hydrogen (secondary N) is 1. The molecule has 0 unspecified atom stereocenters. The number of benzene rings is 1. The molecule has 2 rings (SSSR count). The third-order valence-electron chi connectivity index (χ3n) is 1.44. The van der Waals surface area contributed by atoms with E-state index in [1.807, 2.05) is 29.7 Å². The Bertz CT molecular complexity index is 365. The molecule has 1 heterocycles. The van der Waals surface area contributed by atoms with E-state index in [4.69, 9.17) is 9.90 Å². The van der Waals surface area contributed by atoms with Crippen molar-refractivity contribution >= 4 is 36.8 Å². The van der Waals surface area contributed by atoms with Crippen LogP contribution in [0.25, 0.3) is 0 Å². The fourth-order valence-electron chi connectivity index (χ4n) is 0.792. The molecule has 0 radical (unpaired) electrons. The standard InChI is InChI=1S/C7H8S.C3H4N2S.C2H4O2/c8-6-7-4-2-1-3-5-7;1-2-4-5-6-3-1;1-2(3)4/h1-5,8H,6H2;1-3,5H;1H3,(H,3,4). The van der Waals surface area contributed by atoms with Crippen LogP contribution < -0.4 is 4.83 Å². The zero-order valence-corrected chi connectivity index (χ0v) is 11.7. The Morgan fingerprint density at radius 3 is 2.28 bits per heavy atom. The lowest BCUT2D eigenvalue weighted by Crippen LogP contribution is -1.91. The van der Waals surface area contributed by atoms with Crippen molar-refractivity contribution in [1.82, 2.24) is 4.83 Å². The van der Waals surface area contributed by atoms with Crippen LogP contribution in [0.1, 0.15) is 12.5 Å². The Kier molecular flexibility index (Phi) is 11.1. The van der Waals surface area contributed by atoms with Crippen molar-refractivity contribution in [3.05, 3.63) is 47.4 Å². The lowest BCUT2D eigenvalue weighted by Gasteiger charge is -1.92. The van der Waals surface area contributed by atoms with Gasteiger partial charge in [0.25, 0.3) is 5.97 Å². The van der Waals surface area contributed by atoms with Crippen molar-refractivity contribution in [3.63, 3.8) is 0 Å². The number of hydrogen-bond donors (Lipinski definition) is 3. The highest BCUT2D eigenvalue weighted by molar-refractivity contribution is 8.00. The van der Waals surface area contributed by atoms with E-state index < -0.39 is 5.97 Å². The van der Waals surface area contributed by atoms with Crippen LogP contribution in [0.3, 0.4) is 0 Å². The highest BCUT2D eigenvalue weighted by atomic mass is 32.2. The lowest BCUT2D eigenvalue weighted by molar-refractivity contribution is -0.134. The fraction of sp³-hybridized carbons (Fsp3) is 0.167. The first-order valence-corrected chi connectivity index (χ1v) is 6.61. The molecule has 0 saturated heterocycles. The van der Waals surface area contributed by atoms with Crippen molar-refractivity contribution in [2.24, 2.45) is 5.10 Å². The number of nitrogens with zero attached hydrogens (tertiary/aromatic N) is 1. The lowest BCUT2D eigenvalue weighted by atomic mass is 10.2. The SMILES string of the molecule is C1=CSNN=C1.CC(=O)O.SCc1ccccc1. The van der Waals surface area contributed by atoms with Crippen molar-refractivity contribution in [1.29, 1.82) is 0 Å². The zero-order chi connectivity index (χ0) is 13.6. The van der Waals surface area contributed by atoms with Gasteiger partial charge in [-0.3, -0.25) is 4.79 Å². The Morgan fingerprint density at radius 1 is 1.44 bits per heavy atom. The molecule has 0 aromatic heterocycles. The molecule has 1 aromatic rings. The summed E-state index contributed by atoms with van der Waals surface area (Å²) in [5.74, 6) is 0.000833. The predicted octanol–water partition coefficient (Wildman–Crippen LogP) is 2.94. The average molecular weight is 284 g/mol. The highest BCUT2D eigenvalue weighted by Crippen LogP contribution is 2.00. The van der Waals surface area contributed by atoms with Gasteiger partial charge >= 0.3 is 0 Å². The van der Waals surface area contributed by atoms with Gasteiger partial charge in [0.2, 0.25) is 0 Å². The molecule has 0 bridgehead atoms. The number of thiol groups is 1. The van der Waals surface area contributed by atoms with Gasteiger partial charge in [-0.1, -0.05) is 30.3 Å². The van der Waals surface area contributed by atoms with Crippen LogP contribution >= 0.6 is 24.6 Å². The fourth-order valence-corrected chi connectivity index (χ4v) is 1.33. The van der Waals surface area contributed by atoms with Gasteiger partial charge in [-0.05, 0) is 29.0 Å². The maximum absolute atomic E-state index is 9.00. The van der Waals surface area contributed by atoms with Gasteiger partial charge in [0.1, 0.15) is 0 Å². The van der Waals surface area contributed by atoms with Gasteiger partial charge in [0.05, 0.1) is 0 Å². The summed E-state index contributed by atoms with van der Waals surface area (Å²) in [7, 11) is 0. The first kappa shape index (κ1) is 16.6. The molecule has 6 heteroatoms. The molecule has 18 heavy (non-hydrogen) atoms. The number of allylic oxidation sites excluding steroid dienone is 1. The van der Waals surface area contributed by atoms with E-state index in [0.717, 1.165) is 12.7 Å². The third-order valence-corrected chi connectivity index (χ3v) is 2.31. The molecule has 2 N–H and O–H groups in total. The van der Waals surface area contributed by atoms with Crippen molar-refractivity contribution in [3.8, 4) is 0 Å². The van der Waals surface area contributed by atoms with E-state index in [2.05, 4.69) is 34.7 Å². The van der Waals surface area contributed by atoms with Gasteiger partial charge in [-0.15, -0.1) is 0 Å². The number of carbonyl (C=O) groups is 1. The number of carboxylic acid groups (broad SMARTS) is 1. The second-order valence-electron chi connectivity index (χ2n) is 2.98. The Morgan fingerprint density at radius 2 is 2.06 bits per heavy atom. The minimum absolute atomic E-state index is 0.833. The maximum Gasteiger partial charge on any atom is 0.300 e. The second-order valence-corrected chi connectivity index (χ2v) is 3.99. The molecule has 0 aliphatic carbocycles. The predicted molar refractivity (Wildman–Crippen MR) is 80.8 cm³/mol. The van der Waals surface area contributed by atoms with Crippen LogP contribution in [0.5, 0.6) is 0 Å². The summed E-state index contributed by atoms with van der Waals surface area (Å²) in [6, 6.07) is 10.2. The molecule has 0 amide bonds. The monoisotopic (exact) mass is 284 g/mol. The highest BCUT2D eigenvalue weighted by Gasteiger charge is 1.80. The Hall–Kier alpha value is -1.40. The van der Waals surface area contributed by atoms with Gasteiger partial charge in [0.15, 0.2) is 0 Å². The van der Waals surface area contributed by atoms with Crippen LogP contribution in [0.4, 0.5) is 0 Å². The topological polar surface area (TPSA) is 61.7 Å². The smallest absolute Gasteiger partial charge is 0.300 e. The summed E-state index contributed by atoms with van der Waals surface area (Å²) in [4.78, 5) is 11.7. The van der Waals surface area contributed by atoms with Gasteiger partial charge in [-0.25, -0.2) is 4.83 Å². The average Bonchev–Trinajstić information content (AvgIpc) is 2.42.